The number of carbonyl (C=O) groups excluding carboxylic acids is 1. The quantitative estimate of drug-likeness (QED) is 0.767. The lowest BCUT2D eigenvalue weighted by atomic mass is 10.1. The molecule has 0 bridgehead atoms. The zero-order valence-corrected chi connectivity index (χ0v) is 14.3. The summed E-state index contributed by atoms with van der Waals surface area (Å²) in [6.45, 7) is 7.54. The summed E-state index contributed by atoms with van der Waals surface area (Å²) in [5.41, 5.74) is 5.88. The van der Waals surface area contributed by atoms with Crippen LogP contribution < -0.4 is 16.0 Å². The zero-order valence-electron chi connectivity index (χ0n) is 13.5. The molecule has 0 spiro atoms. The number of amides is 1. The highest BCUT2D eigenvalue weighted by molar-refractivity contribution is 7.18. The van der Waals surface area contributed by atoms with E-state index in [2.05, 4.69) is 17.2 Å². The van der Waals surface area contributed by atoms with Crippen LogP contribution in [0.5, 0.6) is 0 Å². The van der Waals surface area contributed by atoms with Gasteiger partial charge in [-0.3, -0.25) is 4.79 Å². The number of carbonyl (C=O) groups is 1. The first-order chi connectivity index (χ1) is 9.90. The molecule has 0 saturated carbocycles. The summed E-state index contributed by atoms with van der Waals surface area (Å²) in [4.78, 5) is 19.1. The molecule has 0 radical (unpaired) electrons. The van der Waals surface area contributed by atoms with Gasteiger partial charge in [-0.25, -0.2) is 4.98 Å². The van der Waals surface area contributed by atoms with Gasteiger partial charge < -0.3 is 20.7 Å². The molecule has 1 amide bonds. The fourth-order valence-electron chi connectivity index (χ4n) is 1.89. The second kappa shape index (κ2) is 8.19. The van der Waals surface area contributed by atoms with Gasteiger partial charge in [-0.15, -0.1) is 0 Å². The van der Waals surface area contributed by atoms with E-state index < -0.39 is 0 Å². The molecule has 0 aliphatic heterocycles. The molecule has 0 aliphatic carbocycles. The number of hydrogen-bond acceptors (Lipinski definition) is 6. The molecule has 0 saturated heterocycles. The molecule has 0 aromatic carbocycles. The molecule has 21 heavy (non-hydrogen) atoms. The minimum absolute atomic E-state index is 0.0409. The van der Waals surface area contributed by atoms with Gasteiger partial charge in [-0.05, 0) is 12.3 Å². The van der Waals surface area contributed by atoms with E-state index in [-0.39, 0.29) is 23.7 Å². The van der Waals surface area contributed by atoms with Crippen molar-refractivity contribution < 1.29 is 9.53 Å². The first-order valence-electron chi connectivity index (χ1n) is 7.17. The third-order valence-corrected chi connectivity index (χ3v) is 4.39. The third kappa shape index (κ3) is 4.86. The number of anilines is 2. The molecule has 1 aromatic rings. The Morgan fingerprint density at radius 3 is 2.71 bits per heavy atom. The Morgan fingerprint density at radius 2 is 2.19 bits per heavy atom. The molecule has 1 aromatic heterocycles. The normalized spacial score (nSPS) is 12.5. The van der Waals surface area contributed by atoms with Crippen molar-refractivity contribution in [2.45, 2.75) is 33.2 Å². The highest BCUT2D eigenvalue weighted by Crippen LogP contribution is 2.27. The van der Waals surface area contributed by atoms with E-state index in [1.165, 1.54) is 11.3 Å². The van der Waals surface area contributed by atoms with Crippen molar-refractivity contribution in [3.63, 3.8) is 0 Å². The van der Waals surface area contributed by atoms with E-state index in [1.54, 1.807) is 7.11 Å². The van der Waals surface area contributed by atoms with Gasteiger partial charge in [-0.2, -0.15) is 0 Å². The topological polar surface area (TPSA) is 80.5 Å². The second-order valence-electron chi connectivity index (χ2n) is 5.41. The number of nitrogens with one attached hydrogen (secondary N) is 1. The molecule has 0 fully saturated rings. The van der Waals surface area contributed by atoms with Crippen molar-refractivity contribution in [1.29, 1.82) is 0 Å². The van der Waals surface area contributed by atoms with Gasteiger partial charge in [0.25, 0.3) is 5.91 Å². The van der Waals surface area contributed by atoms with Crippen LogP contribution in [0.1, 0.15) is 36.9 Å². The van der Waals surface area contributed by atoms with E-state index in [4.69, 9.17) is 10.5 Å². The Balaban J connectivity index is 2.82. The average molecular weight is 314 g/mol. The molecule has 0 aliphatic rings. The molecule has 7 heteroatoms. The van der Waals surface area contributed by atoms with Crippen LogP contribution in [0.25, 0.3) is 0 Å². The molecule has 6 nitrogen and oxygen atoms in total. The van der Waals surface area contributed by atoms with Crippen LogP contribution in [0.4, 0.5) is 10.9 Å². The Hall–Kier alpha value is -1.34. The number of nitrogens with two attached hydrogens (primary N) is 1. The molecule has 3 N–H and O–H groups in total. The number of hydrogen-bond donors (Lipinski definition) is 2. The third-order valence-electron chi connectivity index (χ3n) is 3.20. The zero-order chi connectivity index (χ0) is 16.0. The number of rotatable bonds is 8. The van der Waals surface area contributed by atoms with Crippen molar-refractivity contribution in [1.82, 2.24) is 10.3 Å². The minimum atomic E-state index is -0.183. The molecule has 120 valence electrons. The summed E-state index contributed by atoms with van der Waals surface area (Å²) in [6.07, 6.45) is 1.01. The first kappa shape index (κ1) is 17.7. The van der Waals surface area contributed by atoms with E-state index >= 15 is 0 Å². The summed E-state index contributed by atoms with van der Waals surface area (Å²) in [5, 5.41) is 3.74. The molecular weight excluding hydrogens is 288 g/mol. The van der Waals surface area contributed by atoms with Gasteiger partial charge in [-0.1, -0.05) is 32.1 Å². The fraction of sp³-hybridized carbons (Fsp3) is 0.714. The summed E-state index contributed by atoms with van der Waals surface area (Å²) in [5.74, 6) is 0.387. The first-order valence-corrected chi connectivity index (χ1v) is 7.99. The number of nitrogens with zero attached hydrogens (tertiary/aromatic N) is 2. The van der Waals surface area contributed by atoms with Crippen molar-refractivity contribution in [2.75, 3.05) is 37.9 Å². The Kier molecular flexibility index (Phi) is 6.91. The maximum absolute atomic E-state index is 12.4. The van der Waals surface area contributed by atoms with Gasteiger partial charge in [0.2, 0.25) is 0 Å². The van der Waals surface area contributed by atoms with E-state index in [1.807, 2.05) is 25.8 Å². The van der Waals surface area contributed by atoms with E-state index in [0.717, 1.165) is 18.1 Å². The Bertz CT molecular complexity index is 462. The highest BCUT2D eigenvalue weighted by atomic mass is 32.1. The van der Waals surface area contributed by atoms with Crippen LogP contribution in [-0.4, -0.2) is 44.2 Å². The van der Waals surface area contributed by atoms with Gasteiger partial charge in [0.05, 0.1) is 12.6 Å². The number of methoxy groups -OCH3 is 1. The predicted octanol–water partition coefficient (Wildman–Crippen LogP) is 1.97. The van der Waals surface area contributed by atoms with Crippen LogP contribution in [0.3, 0.4) is 0 Å². The van der Waals surface area contributed by atoms with Crippen molar-refractivity contribution >= 4 is 28.2 Å². The van der Waals surface area contributed by atoms with Crippen LogP contribution in [0, 0.1) is 5.92 Å². The summed E-state index contributed by atoms with van der Waals surface area (Å²) < 4.78 is 5.14. The Labute approximate surface area is 130 Å². The highest BCUT2D eigenvalue weighted by Gasteiger charge is 2.22. The van der Waals surface area contributed by atoms with Crippen LogP contribution in [0.15, 0.2) is 0 Å². The second-order valence-corrected chi connectivity index (χ2v) is 6.39. The number of thiazole rings is 1. The van der Waals surface area contributed by atoms with Crippen LogP contribution in [-0.2, 0) is 4.74 Å². The number of aromatic nitrogens is 1. The lowest BCUT2D eigenvalue weighted by Crippen LogP contribution is -2.41. The van der Waals surface area contributed by atoms with E-state index in [9.17, 15) is 4.79 Å². The maximum atomic E-state index is 12.4. The van der Waals surface area contributed by atoms with Gasteiger partial charge in [0, 0.05) is 20.7 Å². The SMILES string of the molecule is CCCN(C)c1nc(N)c(C(=O)NC(COC)C(C)C)s1. The van der Waals surface area contributed by atoms with E-state index in [0.29, 0.717) is 11.5 Å². The number of nitrogen functional groups attached to an aromatic ring is 1. The number of ether oxygens (including phenoxy) is 1. The fourth-order valence-corrected chi connectivity index (χ4v) is 2.77. The lowest BCUT2D eigenvalue weighted by molar-refractivity contribution is 0.0871. The van der Waals surface area contributed by atoms with Crippen LogP contribution in [0.2, 0.25) is 0 Å². The standard InChI is InChI=1S/C14H26N4O2S/c1-6-7-18(4)14-17-12(15)11(21-14)13(19)16-10(8-20-5)9(2)3/h9-10H,6-8,15H2,1-5H3,(H,16,19). The largest absolute Gasteiger partial charge is 0.383 e. The summed E-state index contributed by atoms with van der Waals surface area (Å²) in [6, 6.07) is -0.0409. The minimum Gasteiger partial charge on any atom is -0.383 e. The summed E-state index contributed by atoms with van der Waals surface area (Å²) >= 11 is 1.32. The van der Waals surface area contributed by atoms with Gasteiger partial charge in [0.15, 0.2) is 5.13 Å². The monoisotopic (exact) mass is 314 g/mol. The van der Waals surface area contributed by atoms with Gasteiger partial charge in [0.1, 0.15) is 10.7 Å². The molecule has 1 unspecified atom stereocenters. The maximum Gasteiger partial charge on any atom is 0.265 e. The molecule has 1 heterocycles. The van der Waals surface area contributed by atoms with Crippen LogP contribution >= 0.6 is 11.3 Å². The van der Waals surface area contributed by atoms with Crippen molar-refractivity contribution in [3.8, 4) is 0 Å². The Morgan fingerprint density at radius 1 is 1.52 bits per heavy atom. The lowest BCUT2D eigenvalue weighted by Gasteiger charge is -2.21. The molecular formula is C14H26N4O2S. The molecule has 1 atom stereocenters. The summed E-state index contributed by atoms with van der Waals surface area (Å²) in [7, 11) is 3.58. The molecule has 1 rings (SSSR count). The van der Waals surface area contributed by atoms with Crippen molar-refractivity contribution in [2.24, 2.45) is 5.92 Å². The smallest absolute Gasteiger partial charge is 0.265 e. The van der Waals surface area contributed by atoms with Crippen molar-refractivity contribution in [3.05, 3.63) is 4.88 Å². The predicted molar refractivity (Wildman–Crippen MR) is 88.1 cm³/mol. The average Bonchev–Trinajstić information content (AvgIpc) is 2.80. The van der Waals surface area contributed by atoms with Gasteiger partial charge >= 0.3 is 0 Å².